The van der Waals surface area contributed by atoms with E-state index in [9.17, 15) is 0 Å². The molecule has 0 radical (unpaired) electrons. The van der Waals surface area contributed by atoms with Crippen molar-refractivity contribution in [2.75, 3.05) is 7.11 Å². The number of imidazole rings is 1. The number of benzene rings is 1. The highest BCUT2D eigenvalue weighted by molar-refractivity contribution is 5.68. The summed E-state index contributed by atoms with van der Waals surface area (Å²) in [6, 6.07) is 4.13. The summed E-state index contributed by atoms with van der Waals surface area (Å²) in [5.74, 6) is 1.63. The number of rotatable bonds is 3. The molecule has 0 atom stereocenters. The molecule has 90 valence electrons. The first kappa shape index (κ1) is 11.7. The zero-order valence-electron chi connectivity index (χ0n) is 10.4. The van der Waals surface area contributed by atoms with Crippen molar-refractivity contribution in [1.82, 2.24) is 9.97 Å². The lowest BCUT2D eigenvalue weighted by molar-refractivity contribution is 0.416. The number of methoxy groups -OCH3 is 1. The summed E-state index contributed by atoms with van der Waals surface area (Å²) in [7, 11) is 1.67. The van der Waals surface area contributed by atoms with Crippen LogP contribution in [0.4, 0.5) is 0 Å². The van der Waals surface area contributed by atoms with Gasteiger partial charge in [-0.1, -0.05) is 0 Å². The Morgan fingerprint density at radius 3 is 2.59 bits per heavy atom. The van der Waals surface area contributed by atoms with Crippen LogP contribution in [0.2, 0.25) is 0 Å². The molecule has 4 heteroatoms. The number of nitrogens with one attached hydrogen (secondary N) is 1. The highest BCUT2D eigenvalue weighted by Crippen LogP contribution is 2.31. The molecule has 0 fully saturated rings. The van der Waals surface area contributed by atoms with Crippen molar-refractivity contribution in [2.24, 2.45) is 5.73 Å². The zero-order chi connectivity index (χ0) is 12.4. The molecule has 0 aliphatic carbocycles. The lowest BCUT2D eigenvalue weighted by Gasteiger charge is -2.10. The predicted molar refractivity (Wildman–Crippen MR) is 67.9 cm³/mol. The summed E-state index contributed by atoms with van der Waals surface area (Å²) in [6.45, 7) is 4.56. The maximum absolute atomic E-state index is 5.54. The average molecular weight is 231 g/mol. The van der Waals surface area contributed by atoms with E-state index in [1.807, 2.05) is 6.07 Å². The zero-order valence-corrected chi connectivity index (χ0v) is 10.4. The Morgan fingerprint density at radius 1 is 1.29 bits per heavy atom. The summed E-state index contributed by atoms with van der Waals surface area (Å²) >= 11 is 0. The summed E-state index contributed by atoms with van der Waals surface area (Å²) < 4.78 is 5.40. The van der Waals surface area contributed by atoms with Gasteiger partial charge in [0.25, 0.3) is 0 Å². The highest BCUT2D eigenvalue weighted by Gasteiger charge is 2.10. The first-order valence-corrected chi connectivity index (χ1v) is 5.55. The molecule has 2 aromatic rings. The molecule has 0 spiro atoms. The van der Waals surface area contributed by atoms with Gasteiger partial charge in [-0.3, -0.25) is 0 Å². The van der Waals surface area contributed by atoms with Crippen molar-refractivity contribution in [3.8, 4) is 17.0 Å². The van der Waals surface area contributed by atoms with Crippen molar-refractivity contribution >= 4 is 0 Å². The number of aromatic amines is 1. The lowest BCUT2D eigenvalue weighted by atomic mass is 10.0. The first-order valence-electron chi connectivity index (χ1n) is 5.55. The SMILES string of the molecule is COc1cc(C)c(C)cc1-c1cnc(CN)[nH]1. The van der Waals surface area contributed by atoms with E-state index in [1.165, 1.54) is 11.1 Å². The number of ether oxygens (including phenoxy) is 1. The number of H-pyrrole nitrogens is 1. The van der Waals surface area contributed by atoms with Gasteiger partial charge in [0.15, 0.2) is 0 Å². The third kappa shape index (κ3) is 2.17. The summed E-state index contributed by atoms with van der Waals surface area (Å²) in [6.07, 6.45) is 1.79. The van der Waals surface area contributed by atoms with Gasteiger partial charge < -0.3 is 15.5 Å². The molecule has 0 amide bonds. The van der Waals surface area contributed by atoms with Crippen LogP contribution in [0.5, 0.6) is 5.75 Å². The van der Waals surface area contributed by atoms with Crippen LogP contribution in [0.15, 0.2) is 18.3 Å². The van der Waals surface area contributed by atoms with Crippen molar-refractivity contribution in [1.29, 1.82) is 0 Å². The van der Waals surface area contributed by atoms with Gasteiger partial charge in [-0.2, -0.15) is 0 Å². The highest BCUT2D eigenvalue weighted by atomic mass is 16.5. The van der Waals surface area contributed by atoms with E-state index in [0.29, 0.717) is 6.54 Å². The second kappa shape index (κ2) is 4.59. The molecule has 0 saturated carbocycles. The molecule has 0 aliphatic rings. The second-order valence-corrected chi connectivity index (χ2v) is 4.08. The number of hydrogen-bond donors (Lipinski definition) is 2. The van der Waals surface area contributed by atoms with Crippen LogP contribution in [0.3, 0.4) is 0 Å². The average Bonchev–Trinajstić information content (AvgIpc) is 2.80. The molecule has 0 bridgehead atoms. The Hall–Kier alpha value is -1.81. The smallest absolute Gasteiger partial charge is 0.128 e. The number of aryl methyl sites for hydroxylation is 2. The topological polar surface area (TPSA) is 63.9 Å². The van der Waals surface area contributed by atoms with E-state index in [1.54, 1.807) is 13.3 Å². The minimum atomic E-state index is 0.410. The van der Waals surface area contributed by atoms with E-state index in [2.05, 4.69) is 29.9 Å². The third-order valence-electron chi connectivity index (χ3n) is 2.93. The van der Waals surface area contributed by atoms with Crippen LogP contribution in [0.1, 0.15) is 17.0 Å². The van der Waals surface area contributed by atoms with Crippen molar-refractivity contribution in [3.63, 3.8) is 0 Å². The molecule has 0 saturated heterocycles. The summed E-state index contributed by atoms with van der Waals surface area (Å²) in [5.41, 5.74) is 9.93. The number of aromatic nitrogens is 2. The Morgan fingerprint density at radius 2 is 2.00 bits per heavy atom. The molecule has 17 heavy (non-hydrogen) atoms. The van der Waals surface area contributed by atoms with Gasteiger partial charge >= 0.3 is 0 Å². The minimum absolute atomic E-state index is 0.410. The van der Waals surface area contributed by atoms with Crippen molar-refractivity contribution in [2.45, 2.75) is 20.4 Å². The van der Waals surface area contributed by atoms with Crippen molar-refractivity contribution in [3.05, 3.63) is 35.3 Å². The molecule has 0 aliphatic heterocycles. The van der Waals surface area contributed by atoms with Gasteiger partial charge in [0.1, 0.15) is 11.6 Å². The van der Waals surface area contributed by atoms with Crippen molar-refractivity contribution < 1.29 is 4.74 Å². The molecule has 1 heterocycles. The number of hydrogen-bond acceptors (Lipinski definition) is 3. The molecular formula is C13H17N3O. The minimum Gasteiger partial charge on any atom is -0.496 e. The van der Waals surface area contributed by atoms with E-state index >= 15 is 0 Å². The van der Waals surface area contributed by atoms with Crippen LogP contribution < -0.4 is 10.5 Å². The van der Waals surface area contributed by atoms with E-state index in [-0.39, 0.29) is 0 Å². The molecule has 1 aromatic heterocycles. The maximum Gasteiger partial charge on any atom is 0.128 e. The van der Waals surface area contributed by atoms with Crippen LogP contribution in [0, 0.1) is 13.8 Å². The lowest BCUT2D eigenvalue weighted by Crippen LogP contribution is -1.98. The van der Waals surface area contributed by atoms with Gasteiger partial charge in [0.2, 0.25) is 0 Å². The summed E-state index contributed by atoms with van der Waals surface area (Å²) in [4.78, 5) is 7.39. The van der Waals surface area contributed by atoms with Gasteiger partial charge in [0.05, 0.1) is 25.5 Å². The largest absolute Gasteiger partial charge is 0.496 e. The predicted octanol–water partition coefficient (Wildman–Crippen LogP) is 2.16. The van der Waals surface area contributed by atoms with Crippen LogP contribution in [0.25, 0.3) is 11.3 Å². The molecule has 0 unspecified atom stereocenters. The Balaban J connectivity index is 2.53. The van der Waals surface area contributed by atoms with Gasteiger partial charge in [-0.15, -0.1) is 0 Å². The molecular weight excluding hydrogens is 214 g/mol. The fourth-order valence-corrected chi connectivity index (χ4v) is 1.77. The van der Waals surface area contributed by atoms with Gasteiger partial charge in [-0.25, -0.2) is 4.98 Å². The van der Waals surface area contributed by atoms with E-state index in [4.69, 9.17) is 10.5 Å². The third-order valence-corrected chi connectivity index (χ3v) is 2.93. The molecule has 1 aromatic carbocycles. The first-order chi connectivity index (χ1) is 8.15. The van der Waals surface area contributed by atoms with E-state index < -0.39 is 0 Å². The number of nitrogens with two attached hydrogens (primary N) is 1. The van der Waals surface area contributed by atoms with Crippen LogP contribution in [-0.4, -0.2) is 17.1 Å². The molecule has 4 nitrogen and oxygen atoms in total. The van der Waals surface area contributed by atoms with Gasteiger partial charge in [0, 0.05) is 5.56 Å². The monoisotopic (exact) mass is 231 g/mol. The Kier molecular flexibility index (Phi) is 3.15. The maximum atomic E-state index is 5.54. The normalized spacial score (nSPS) is 10.6. The molecule has 3 N–H and O–H groups in total. The molecule has 2 rings (SSSR count). The Bertz CT molecular complexity index is 531. The fourth-order valence-electron chi connectivity index (χ4n) is 1.77. The van der Waals surface area contributed by atoms with E-state index in [0.717, 1.165) is 22.8 Å². The van der Waals surface area contributed by atoms with Crippen LogP contribution >= 0.6 is 0 Å². The second-order valence-electron chi connectivity index (χ2n) is 4.08. The summed E-state index contributed by atoms with van der Waals surface area (Å²) in [5, 5.41) is 0. The van der Waals surface area contributed by atoms with Gasteiger partial charge in [-0.05, 0) is 37.1 Å². The van der Waals surface area contributed by atoms with Crippen LogP contribution in [-0.2, 0) is 6.54 Å². The standard InChI is InChI=1S/C13H17N3O/c1-8-4-10(12(17-3)5-9(8)2)11-7-15-13(6-14)16-11/h4-5,7H,6,14H2,1-3H3,(H,15,16). The fraction of sp³-hybridized carbons (Fsp3) is 0.308. The number of nitrogens with zero attached hydrogens (tertiary/aromatic N) is 1. The quantitative estimate of drug-likeness (QED) is 0.850. The Labute approximate surface area is 101 Å².